The highest BCUT2D eigenvalue weighted by Gasteiger charge is 2.22. The van der Waals surface area contributed by atoms with Gasteiger partial charge in [0, 0.05) is 12.5 Å². The molecule has 3 atom stereocenters. The highest BCUT2D eigenvalue weighted by molar-refractivity contribution is 5.76. The maximum Gasteiger partial charge on any atom is 0.220 e. The Morgan fingerprint density at radius 2 is 2.00 bits per heavy atom. The quantitative estimate of drug-likeness (QED) is 0.768. The molecule has 0 aromatic rings. The van der Waals surface area contributed by atoms with Gasteiger partial charge in [0.15, 0.2) is 0 Å². The minimum atomic E-state index is 0.282. The maximum atomic E-state index is 12.1. The molecule has 1 saturated heterocycles. The predicted octanol–water partition coefficient (Wildman–Crippen LogP) is 2.85. The molecule has 2 fully saturated rings. The van der Waals surface area contributed by atoms with E-state index in [2.05, 4.69) is 17.6 Å². The molecule has 110 valence electrons. The first-order chi connectivity index (χ1) is 9.25. The molecule has 1 heterocycles. The van der Waals surface area contributed by atoms with Crippen molar-refractivity contribution >= 4 is 5.91 Å². The van der Waals surface area contributed by atoms with E-state index in [9.17, 15) is 4.79 Å². The zero-order valence-electron chi connectivity index (χ0n) is 12.4. The summed E-state index contributed by atoms with van der Waals surface area (Å²) < 4.78 is 0. The minimum Gasteiger partial charge on any atom is -0.353 e. The van der Waals surface area contributed by atoms with Crippen LogP contribution in [-0.2, 0) is 4.79 Å². The van der Waals surface area contributed by atoms with Gasteiger partial charge in [-0.15, -0.1) is 0 Å². The van der Waals surface area contributed by atoms with Crippen LogP contribution >= 0.6 is 0 Å². The van der Waals surface area contributed by atoms with Gasteiger partial charge >= 0.3 is 0 Å². The summed E-state index contributed by atoms with van der Waals surface area (Å²) in [6.07, 6.45) is 10.7. The van der Waals surface area contributed by atoms with Crippen LogP contribution in [0.2, 0.25) is 0 Å². The Labute approximate surface area is 117 Å². The highest BCUT2D eigenvalue weighted by Crippen LogP contribution is 2.23. The van der Waals surface area contributed by atoms with Crippen molar-refractivity contribution in [2.45, 2.75) is 70.8 Å². The Balaban J connectivity index is 1.67. The smallest absolute Gasteiger partial charge is 0.220 e. The first-order valence-corrected chi connectivity index (χ1v) is 8.26. The highest BCUT2D eigenvalue weighted by atomic mass is 16.1. The number of nitrogens with one attached hydrogen (secondary N) is 2. The van der Waals surface area contributed by atoms with E-state index in [1.165, 1.54) is 44.9 Å². The van der Waals surface area contributed by atoms with E-state index in [1.54, 1.807) is 0 Å². The molecule has 19 heavy (non-hydrogen) atoms. The summed E-state index contributed by atoms with van der Waals surface area (Å²) in [6, 6.07) is 0.430. The zero-order chi connectivity index (χ0) is 13.5. The van der Waals surface area contributed by atoms with E-state index in [0.717, 1.165) is 25.9 Å². The van der Waals surface area contributed by atoms with Gasteiger partial charge < -0.3 is 10.6 Å². The molecular formula is C16H30N2O. The molecule has 2 N–H and O–H groups in total. The second-order valence-corrected chi connectivity index (χ2v) is 6.54. The largest absolute Gasteiger partial charge is 0.353 e. The van der Waals surface area contributed by atoms with Crippen LogP contribution in [0.5, 0.6) is 0 Å². The Morgan fingerprint density at radius 1 is 1.16 bits per heavy atom. The molecule has 3 unspecified atom stereocenters. The van der Waals surface area contributed by atoms with Crippen LogP contribution < -0.4 is 10.6 Å². The van der Waals surface area contributed by atoms with Gasteiger partial charge in [0.1, 0.15) is 0 Å². The molecule has 0 aromatic carbocycles. The third kappa shape index (κ3) is 5.13. The molecule has 1 saturated carbocycles. The number of hydrogen-bond donors (Lipinski definition) is 2. The molecule has 1 aliphatic carbocycles. The summed E-state index contributed by atoms with van der Waals surface area (Å²) in [7, 11) is 0. The number of amides is 1. The molecule has 3 nitrogen and oxygen atoms in total. The van der Waals surface area contributed by atoms with Crippen molar-refractivity contribution in [3.63, 3.8) is 0 Å². The SMILES string of the molecule is CC1CCCCCC1NC(=O)CCC1CCCNC1. The van der Waals surface area contributed by atoms with Crippen LogP contribution in [0.25, 0.3) is 0 Å². The first kappa shape index (κ1) is 14.8. The molecule has 2 rings (SSSR count). The summed E-state index contributed by atoms with van der Waals surface area (Å²) in [5.41, 5.74) is 0. The molecule has 1 aliphatic heterocycles. The monoisotopic (exact) mass is 266 g/mol. The van der Waals surface area contributed by atoms with Crippen molar-refractivity contribution in [2.24, 2.45) is 11.8 Å². The molecular weight excluding hydrogens is 236 g/mol. The van der Waals surface area contributed by atoms with Crippen molar-refractivity contribution < 1.29 is 4.79 Å². The second-order valence-electron chi connectivity index (χ2n) is 6.54. The topological polar surface area (TPSA) is 41.1 Å². The van der Waals surface area contributed by atoms with Crippen LogP contribution in [0.4, 0.5) is 0 Å². The van der Waals surface area contributed by atoms with E-state index in [1.807, 2.05) is 0 Å². The van der Waals surface area contributed by atoms with E-state index < -0.39 is 0 Å². The molecule has 1 amide bonds. The Kier molecular flexibility index (Phi) is 6.15. The van der Waals surface area contributed by atoms with Crippen LogP contribution in [-0.4, -0.2) is 25.0 Å². The molecule has 2 aliphatic rings. The Morgan fingerprint density at radius 3 is 2.79 bits per heavy atom. The summed E-state index contributed by atoms with van der Waals surface area (Å²) in [5, 5.41) is 6.71. The van der Waals surface area contributed by atoms with Crippen LogP contribution in [0.3, 0.4) is 0 Å². The fourth-order valence-electron chi connectivity index (χ4n) is 3.49. The molecule has 0 aromatic heterocycles. The van der Waals surface area contributed by atoms with Gasteiger partial charge in [0.2, 0.25) is 5.91 Å². The Bertz CT molecular complexity index is 274. The molecule has 0 spiro atoms. The van der Waals surface area contributed by atoms with E-state index >= 15 is 0 Å². The lowest BCUT2D eigenvalue weighted by Crippen LogP contribution is -2.39. The van der Waals surface area contributed by atoms with Crippen molar-refractivity contribution in [2.75, 3.05) is 13.1 Å². The van der Waals surface area contributed by atoms with Gasteiger partial charge in [-0.25, -0.2) is 0 Å². The van der Waals surface area contributed by atoms with Gasteiger partial charge in [-0.3, -0.25) is 4.79 Å². The van der Waals surface area contributed by atoms with Crippen molar-refractivity contribution in [1.82, 2.24) is 10.6 Å². The maximum absolute atomic E-state index is 12.1. The molecule has 0 bridgehead atoms. The summed E-state index contributed by atoms with van der Waals surface area (Å²) in [4.78, 5) is 12.1. The number of hydrogen-bond acceptors (Lipinski definition) is 2. The fraction of sp³-hybridized carbons (Fsp3) is 0.938. The van der Waals surface area contributed by atoms with Crippen LogP contribution in [0.15, 0.2) is 0 Å². The third-order valence-electron chi connectivity index (χ3n) is 4.89. The lowest BCUT2D eigenvalue weighted by molar-refractivity contribution is -0.122. The molecule has 0 radical (unpaired) electrons. The van der Waals surface area contributed by atoms with Crippen molar-refractivity contribution in [3.8, 4) is 0 Å². The second kappa shape index (κ2) is 7.88. The van der Waals surface area contributed by atoms with Crippen molar-refractivity contribution in [3.05, 3.63) is 0 Å². The van der Waals surface area contributed by atoms with Gasteiger partial charge in [-0.1, -0.05) is 26.2 Å². The van der Waals surface area contributed by atoms with Gasteiger partial charge in [-0.05, 0) is 57.0 Å². The third-order valence-corrected chi connectivity index (χ3v) is 4.89. The number of carbonyl (C=O) groups is 1. The first-order valence-electron chi connectivity index (χ1n) is 8.26. The van der Waals surface area contributed by atoms with Crippen molar-refractivity contribution in [1.29, 1.82) is 0 Å². The van der Waals surface area contributed by atoms with Gasteiger partial charge in [0.05, 0.1) is 0 Å². The van der Waals surface area contributed by atoms with E-state index in [-0.39, 0.29) is 5.91 Å². The summed E-state index contributed by atoms with van der Waals surface area (Å²) >= 11 is 0. The standard InChI is InChI=1S/C16H30N2O/c1-13-6-3-2-4-8-15(13)18-16(19)10-9-14-7-5-11-17-12-14/h13-15,17H,2-12H2,1H3,(H,18,19). The average Bonchev–Trinajstić information content (AvgIpc) is 2.63. The normalized spacial score (nSPS) is 32.6. The van der Waals surface area contributed by atoms with Crippen LogP contribution in [0.1, 0.15) is 64.7 Å². The zero-order valence-corrected chi connectivity index (χ0v) is 12.4. The number of carbonyl (C=O) groups excluding carboxylic acids is 1. The summed E-state index contributed by atoms with van der Waals surface area (Å²) in [5.74, 6) is 1.65. The summed E-state index contributed by atoms with van der Waals surface area (Å²) in [6.45, 7) is 4.55. The molecule has 3 heteroatoms. The lowest BCUT2D eigenvalue weighted by atomic mass is 9.93. The van der Waals surface area contributed by atoms with E-state index in [0.29, 0.717) is 17.9 Å². The Hall–Kier alpha value is -0.570. The predicted molar refractivity (Wildman–Crippen MR) is 79.0 cm³/mol. The fourth-order valence-corrected chi connectivity index (χ4v) is 3.49. The minimum absolute atomic E-state index is 0.282. The van der Waals surface area contributed by atoms with Gasteiger partial charge in [0.25, 0.3) is 0 Å². The van der Waals surface area contributed by atoms with Gasteiger partial charge in [-0.2, -0.15) is 0 Å². The number of piperidine rings is 1. The van der Waals surface area contributed by atoms with Crippen LogP contribution in [0, 0.1) is 11.8 Å². The lowest BCUT2D eigenvalue weighted by Gasteiger charge is -2.25. The number of rotatable bonds is 4. The van der Waals surface area contributed by atoms with E-state index in [4.69, 9.17) is 0 Å². The average molecular weight is 266 g/mol.